The molecule has 2 aromatic rings. The van der Waals surface area contributed by atoms with Gasteiger partial charge in [0.15, 0.2) is 4.77 Å². The summed E-state index contributed by atoms with van der Waals surface area (Å²) in [5.74, 6) is 0.569. The lowest BCUT2D eigenvalue weighted by molar-refractivity contribution is 0.0921. The molecule has 2 N–H and O–H groups in total. The van der Waals surface area contributed by atoms with Crippen molar-refractivity contribution in [3.05, 3.63) is 38.9 Å². The van der Waals surface area contributed by atoms with Gasteiger partial charge < -0.3 is 10.3 Å². The van der Waals surface area contributed by atoms with Gasteiger partial charge in [0.25, 0.3) is 11.5 Å². The van der Waals surface area contributed by atoms with Crippen LogP contribution >= 0.6 is 12.2 Å². The van der Waals surface area contributed by atoms with Gasteiger partial charge in [-0.15, -0.1) is 0 Å². The summed E-state index contributed by atoms with van der Waals surface area (Å²) < 4.78 is 1.90. The first kappa shape index (κ1) is 16.9. The van der Waals surface area contributed by atoms with Crippen LogP contribution in [0.1, 0.15) is 49.9 Å². The van der Waals surface area contributed by atoms with E-state index in [9.17, 15) is 9.59 Å². The molecule has 6 heteroatoms. The number of nitrogens with one attached hydrogen (secondary N) is 2. The summed E-state index contributed by atoms with van der Waals surface area (Å²) in [6.45, 7) is 4.63. The number of carbonyl (C=O) groups excluding carboxylic acids is 1. The van der Waals surface area contributed by atoms with E-state index in [1.165, 1.54) is 11.0 Å². The lowest BCUT2D eigenvalue weighted by atomic mass is 9.87. The molecular formula is C18H23N3O2S. The highest BCUT2D eigenvalue weighted by molar-refractivity contribution is 7.71. The highest BCUT2D eigenvalue weighted by Gasteiger charge is 2.21. The summed E-state index contributed by atoms with van der Waals surface area (Å²) in [4.78, 5) is 28.0. The Labute approximate surface area is 146 Å². The summed E-state index contributed by atoms with van der Waals surface area (Å²) in [5.41, 5.74) is 1.05. The molecule has 2 atom stereocenters. The number of amides is 1. The van der Waals surface area contributed by atoms with Gasteiger partial charge in [-0.25, -0.2) is 0 Å². The zero-order chi connectivity index (χ0) is 17.3. The fourth-order valence-electron chi connectivity index (χ4n) is 3.52. The van der Waals surface area contributed by atoms with Gasteiger partial charge in [0.05, 0.1) is 10.9 Å². The first-order valence-electron chi connectivity index (χ1n) is 8.57. The molecule has 1 aliphatic rings. The smallest absolute Gasteiger partial charge is 0.262 e. The molecule has 1 heterocycles. The van der Waals surface area contributed by atoms with Crippen LogP contribution in [0.2, 0.25) is 0 Å². The molecule has 1 amide bonds. The van der Waals surface area contributed by atoms with Crippen molar-refractivity contribution in [2.75, 3.05) is 0 Å². The molecule has 0 unspecified atom stereocenters. The molecule has 0 radical (unpaired) electrons. The number of aromatic amines is 1. The Kier molecular flexibility index (Phi) is 4.85. The first-order chi connectivity index (χ1) is 11.5. The van der Waals surface area contributed by atoms with Crippen LogP contribution in [0.3, 0.4) is 0 Å². The van der Waals surface area contributed by atoms with Crippen molar-refractivity contribution in [1.82, 2.24) is 14.9 Å². The SMILES string of the molecule is CCn1c(=S)[nH]c2cc(C(=O)N[C@H]3CCC[C@@H](C)C3)ccc2c1=O. The van der Waals surface area contributed by atoms with Crippen LogP contribution in [0.25, 0.3) is 10.9 Å². The van der Waals surface area contributed by atoms with E-state index in [1.807, 2.05) is 6.92 Å². The molecule has 1 fully saturated rings. The molecule has 3 rings (SSSR count). The first-order valence-corrected chi connectivity index (χ1v) is 8.98. The van der Waals surface area contributed by atoms with Crippen LogP contribution in [0.15, 0.2) is 23.0 Å². The minimum absolute atomic E-state index is 0.0880. The van der Waals surface area contributed by atoms with Crippen molar-refractivity contribution in [3.63, 3.8) is 0 Å². The molecule has 0 saturated heterocycles. The second-order valence-corrected chi connectivity index (χ2v) is 7.07. The van der Waals surface area contributed by atoms with Gasteiger partial charge in [0.2, 0.25) is 0 Å². The largest absolute Gasteiger partial charge is 0.349 e. The number of benzene rings is 1. The van der Waals surface area contributed by atoms with E-state index < -0.39 is 0 Å². The number of rotatable bonds is 3. The predicted molar refractivity (Wildman–Crippen MR) is 98.0 cm³/mol. The number of fused-ring (bicyclic) bond motifs is 1. The van der Waals surface area contributed by atoms with Gasteiger partial charge in [0.1, 0.15) is 0 Å². The maximum Gasteiger partial charge on any atom is 0.262 e. The van der Waals surface area contributed by atoms with Crippen molar-refractivity contribution < 1.29 is 4.79 Å². The van der Waals surface area contributed by atoms with Gasteiger partial charge >= 0.3 is 0 Å². The van der Waals surface area contributed by atoms with E-state index in [1.54, 1.807) is 18.2 Å². The van der Waals surface area contributed by atoms with Crippen molar-refractivity contribution in [3.8, 4) is 0 Å². The van der Waals surface area contributed by atoms with Gasteiger partial charge in [0, 0.05) is 18.2 Å². The Morgan fingerprint density at radius 3 is 2.92 bits per heavy atom. The number of hydrogen-bond donors (Lipinski definition) is 2. The van der Waals surface area contributed by atoms with E-state index in [4.69, 9.17) is 12.2 Å². The molecule has 0 aliphatic heterocycles. The molecule has 24 heavy (non-hydrogen) atoms. The molecule has 1 saturated carbocycles. The maximum absolute atomic E-state index is 12.5. The van der Waals surface area contributed by atoms with E-state index in [2.05, 4.69) is 17.2 Å². The topological polar surface area (TPSA) is 66.9 Å². The summed E-state index contributed by atoms with van der Waals surface area (Å²) in [7, 11) is 0. The average Bonchev–Trinajstić information content (AvgIpc) is 2.54. The normalized spacial score (nSPS) is 20.9. The standard InChI is InChI=1S/C18H23N3O2S/c1-3-21-17(23)14-8-7-12(10-15(14)20-18(21)24)16(22)19-13-6-4-5-11(2)9-13/h7-8,10-11,13H,3-6,9H2,1-2H3,(H,19,22)(H,20,24)/t11-,13+/m1/s1. The lowest BCUT2D eigenvalue weighted by Gasteiger charge is -2.27. The number of hydrogen-bond acceptors (Lipinski definition) is 3. The van der Waals surface area contributed by atoms with Crippen LogP contribution in [0, 0.1) is 10.7 Å². The maximum atomic E-state index is 12.5. The van der Waals surface area contributed by atoms with Gasteiger partial charge in [-0.3, -0.25) is 14.2 Å². The van der Waals surface area contributed by atoms with Crippen molar-refractivity contribution in [2.24, 2.45) is 5.92 Å². The minimum Gasteiger partial charge on any atom is -0.349 e. The molecular weight excluding hydrogens is 322 g/mol. The Morgan fingerprint density at radius 1 is 1.42 bits per heavy atom. The molecule has 0 spiro atoms. The van der Waals surface area contributed by atoms with E-state index >= 15 is 0 Å². The highest BCUT2D eigenvalue weighted by atomic mass is 32.1. The molecule has 1 aromatic heterocycles. The van der Waals surface area contributed by atoms with Crippen LogP contribution in [-0.4, -0.2) is 21.5 Å². The number of nitrogens with zero attached hydrogens (tertiary/aromatic N) is 1. The lowest BCUT2D eigenvalue weighted by Crippen LogP contribution is -2.38. The molecule has 5 nitrogen and oxygen atoms in total. The third kappa shape index (κ3) is 3.29. The van der Waals surface area contributed by atoms with E-state index in [-0.39, 0.29) is 17.5 Å². The van der Waals surface area contributed by atoms with Crippen molar-refractivity contribution >= 4 is 29.0 Å². The third-order valence-corrected chi connectivity index (χ3v) is 5.15. The van der Waals surface area contributed by atoms with Crippen LogP contribution in [0.4, 0.5) is 0 Å². The third-order valence-electron chi connectivity index (χ3n) is 4.83. The molecule has 0 bridgehead atoms. The Hall–Kier alpha value is -1.95. The molecule has 128 valence electrons. The van der Waals surface area contributed by atoms with Crippen molar-refractivity contribution in [2.45, 2.75) is 52.1 Å². The fraction of sp³-hybridized carbons (Fsp3) is 0.500. The van der Waals surface area contributed by atoms with Gasteiger partial charge in [-0.05, 0) is 56.1 Å². The quantitative estimate of drug-likeness (QED) is 0.838. The minimum atomic E-state index is -0.121. The zero-order valence-electron chi connectivity index (χ0n) is 14.1. The van der Waals surface area contributed by atoms with E-state index in [0.717, 1.165) is 19.3 Å². The van der Waals surface area contributed by atoms with Gasteiger partial charge in [-0.1, -0.05) is 19.8 Å². The summed E-state index contributed by atoms with van der Waals surface area (Å²) >= 11 is 5.23. The summed E-state index contributed by atoms with van der Waals surface area (Å²) in [6.07, 6.45) is 4.46. The predicted octanol–water partition coefficient (Wildman–Crippen LogP) is 3.39. The van der Waals surface area contributed by atoms with Gasteiger partial charge in [-0.2, -0.15) is 0 Å². The Morgan fingerprint density at radius 2 is 2.21 bits per heavy atom. The summed E-state index contributed by atoms with van der Waals surface area (Å²) in [6, 6.07) is 5.37. The number of carbonyl (C=O) groups is 1. The summed E-state index contributed by atoms with van der Waals surface area (Å²) in [5, 5.41) is 3.67. The molecule has 1 aromatic carbocycles. The monoisotopic (exact) mass is 345 g/mol. The van der Waals surface area contributed by atoms with Crippen molar-refractivity contribution in [1.29, 1.82) is 0 Å². The number of H-pyrrole nitrogens is 1. The molecule has 1 aliphatic carbocycles. The second kappa shape index (κ2) is 6.89. The Balaban J connectivity index is 1.89. The average molecular weight is 345 g/mol. The highest BCUT2D eigenvalue weighted by Crippen LogP contribution is 2.23. The fourth-order valence-corrected chi connectivity index (χ4v) is 3.84. The van der Waals surface area contributed by atoms with Crippen LogP contribution in [-0.2, 0) is 6.54 Å². The van der Waals surface area contributed by atoms with Crippen LogP contribution in [0.5, 0.6) is 0 Å². The number of aromatic nitrogens is 2. The second-order valence-electron chi connectivity index (χ2n) is 6.68. The van der Waals surface area contributed by atoms with E-state index in [0.29, 0.717) is 33.7 Å². The Bertz CT molecular complexity index is 884. The van der Waals surface area contributed by atoms with Crippen LogP contribution < -0.4 is 10.9 Å². The zero-order valence-corrected chi connectivity index (χ0v) is 14.9.